The van der Waals surface area contributed by atoms with Crippen LogP contribution in [0.25, 0.3) is 0 Å². The van der Waals surface area contributed by atoms with Crippen LogP contribution in [0.4, 0.5) is 0 Å². The molecule has 0 aliphatic heterocycles. The molecule has 0 amide bonds. The first kappa shape index (κ1) is 27.7. The number of nitrogens with one attached hydrogen (secondary N) is 2. The Kier molecular flexibility index (Phi) is 12.0. The highest BCUT2D eigenvalue weighted by atomic mass is 127. The van der Waals surface area contributed by atoms with E-state index in [2.05, 4.69) is 54.6 Å². The van der Waals surface area contributed by atoms with Gasteiger partial charge in [-0.05, 0) is 49.6 Å². The van der Waals surface area contributed by atoms with Crippen molar-refractivity contribution < 1.29 is 18.9 Å². The number of ether oxygens (including phenoxy) is 4. The third kappa shape index (κ3) is 7.65. The van der Waals surface area contributed by atoms with E-state index in [-0.39, 0.29) is 30.1 Å². The quantitative estimate of drug-likeness (QED) is 0.251. The van der Waals surface area contributed by atoms with E-state index >= 15 is 0 Å². The van der Waals surface area contributed by atoms with E-state index in [4.69, 9.17) is 18.9 Å². The van der Waals surface area contributed by atoms with Crippen molar-refractivity contribution in [3.8, 4) is 23.0 Å². The fourth-order valence-corrected chi connectivity index (χ4v) is 3.04. The van der Waals surface area contributed by atoms with Gasteiger partial charge in [0.15, 0.2) is 17.5 Å². The normalized spacial score (nSPS) is 11.8. The third-order valence-electron chi connectivity index (χ3n) is 4.98. The van der Waals surface area contributed by atoms with E-state index in [1.54, 1.807) is 28.4 Å². The van der Waals surface area contributed by atoms with Gasteiger partial charge in [0.05, 0.1) is 27.4 Å². The predicted molar refractivity (Wildman–Crippen MR) is 140 cm³/mol. The Labute approximate surface area is 208 Å². The van der Waals surface area contributed by atoms with Gasteiger partial charge in [0, 0.05) is 25.7 Å². The molecule has 7 nitrogen and oxygen atoms in total. The Morgan fingerprint density at radius 1 is 0.938 bits per heavy atom. The summed E-state index contributed by atoms with van der Waals surface area (Å²) in [5.74, 6) is 3.40. The number of aliphatic imine (C=N–C) groups is 1. The fraction of sp³-hybridized carbons (Fsp3) is 0.458. The molecule has 1 unspecified atom stereocenters. The highest BCUT2D eigenvalue weighted by Crippen LogP contribution is 2.38. The monoisotopic (exact) mass is 557 g/mol. The number of guanidine groups is 1. The average Bonchev–Trinajstić information content (AvgIpc) is 2.79. The van der Waals surface area contributed by atoms with Crippen molar-refractivity contribution in [1.82, 2.24) is 10.6 Å². The van der Waals surface area contributed by atoms with Crippen LogP contribution in [-0.4, -0.2) is 40.4 Å². The van der Waals surface area contributed by atoms with Gasteiger partial charge in [-0.3, -0.25) is 4.99 Å². The topological polar surface area (TPSA) is 73.3 Å². The summed E-state index contributed by atoms with van der Waals surface area (Å²) in [5.41, 5.74) is 3.24. The second kappa shape index (κ2) is 13.9. The molecule has 178 valence electrons. The summed E-state index contributed by atoms with van der Waals surface area (Å²) in [5, 5.41) is 6.68. The van der Waals surface area contributed by atoms with Crippen LogP contribution in [0.2, 0.25) is 0 Å². The Balaban J connectivity index is 0.00000512. The molecule has 2 N–H and O–H groups in total. The molecule has 0 spiro atoms. The number of methoxy groups -OCH3 is 3. The minimum Gasteiger partial charge on any atom is -0.493 e. The Hall–Kier alpha value is -2.36. The second-order valence-electron chi connectivity index (χ2n) is 7.26. The van der Waals surface area contributed by atoms with E-state index in [0.717, 1.165) is 23.3 Å². The molecule has 0 saturated heterocycles. The zero-order chi connectivity index (χ0) is 22.8. The van der Waals surface area contributed by atoms with Crippen LogP contribution in [0.5, 0.6) is 23.0 Å². The zero-order valence-electron chi connectivity index (χ0n) is 20.1. The molecule has 8 heteroatoms. The molecule has 0 radical (unpaired) electrons. The third-order valence-corrected chi connectivity index (χ3v) is 4.98. The fourth-order valence-electron chi connectivity index (χ4n) is 3.04. The molecule has 0 aliphatic carbocycles. The van der Waals surface area contributed by atoms with E-state index in [1.165, 1.54) is 5.56 Å². The van der Waals surface area contributed by atoms with Gasteiger partial charge in [-0.25, -0.2) is 0 Å². The van der Waals surface area contributed by atoms with Crippen LogP contribution < -0.4 is 29.6 Å². The van der Waals surface area contributed by atoms with Crippen molar-refractivity contribution in [1.29, 1.82) is 0 Å². The number of rotatable bonds is 10. The maximum Gasteiger partial charge on any atom is 0.203 e. The van der Waals surface area contributed by atoms with Gasteiger partial charge in [0.25, 0.3) is 0 Å². The molecule has 0 saturated carbocycles. The Bertz CT molecular complexity index is 865. The van der Waals surface area contributed by atoms with Crippen molar-refractivity contribution >= 4 is 29.9 Å². The standard InChI is InChI=1S/C24H35N3O4.HI/c1-8-17(3)31-20-11-16(2)9-10-19(20)15-27-24(25-4)26-14-18-12-21(28-5)23(30-7)22(13-18)29-6;/h9-13,17H,8,14-15H2,1-7H3,(H2,25,26,27);1H. The van der Waals surface area contributed by atoms with Crippen molar-refractivity contribution in [2.24, 2.45) is 4.99 Å². The maximum absolute atomic E-state index is 6.10. The van der Waals surface area contributed by atoms with Crippen molar-refractivity contribution in [3.63, 3.8) is 0 Å². The summed E-state index contributed by atoms with van der Waals surface area (Å²) >= 11 is 0. The van der Waals surface area contributed by atoms with Crippen molar-refractivity contribution in [2.75, 3.05) is 28.4 Å². The van der Waals surface area contributed by atoms with Crippen LogP contribution in [0, 0.1) is 6.92 Å². The van der Waals surface area contributed by atoms with Crippen LogP contribution in [0.3, 0.4) is 0 Å². The molecule has 32 heavy (non-hydrogen) atoms. The summed E-state index contributed by atoms with van der Waals surface area (Å²) in [4.78, 5) is 4.33. The number of nitrogens with zero attached hydrogens (tertiary/aromatic N) is 1. The number of halogens is 1. The summed E-state index contributed by atoms with van der Waals surface area (Å²) in [7, 11) is 6.55. The van der Waals surface area contributed by atoms with E-state index in [9.17, 15) is 0 Å². The molecule has 0 fully saturated rings. The van der Waals surface area contributed by atoms with E-state index in [1.807, 2.05) is 12.1 Å². The maximum atomic E-state index is 6.10. The largest absolute Gasteiger partial charge is 0.493 e. The number of benzene rings is 2. The lowest BCUT2D eigenvalue weighted by molar-refractivity contribution is 0.215. The first-order valence-corrected chi connectivity index (χ1v) is 10.4. The SMILES string of the molecule is CCC(C)Oc1cc(C)ccc1CNC(=NC)NCc1cc(OC)c(OC)c(OC)c1.I. The lowest BCUT2D eigenvalue weighted by Crippen LogP contribution is -2.36. The first-order chi connectivity index (χ1) is 14.9. The average molecular weight is 557 g/mol. The van der Waals surface area contributed by atoms with Crippen LogP contribution in [0.1, 0.15) is 37.0 Å². The highest BCUT2D eigenvalue weighted by Gasteiger charge is 2.14. The minimum atomic E-state index is 0. The molecule has 0 heterocycles. The van der Waals surface area contributed by atoms with E-state index < -0.39 is 0 Å². The summed E-state index contributed by atoms with van der Waals surface area (Å²) in [6.45, 7) is 7.41. The number of hydrogen-bond acceptors (Lipinski definition) is 5. The molecule has 2 aromatic carbocycles. The van der Waals surface area contributed by atoms with E-state index in [0.29, 0.717) is 36.3 Å². The van der Waals surface area contributed by atoms with Gasteiger partial charge in [-0.2, -0.15) is 0 Å². The highest BCUT2D eigenvalue weighted by molar-refractivity contribution is 14.0. The van der Waals surface area contributed by atoms with Crippen molar-refractivity contribution in [2.45, 2.75) is 46.4 Å². The van der Waals surface area contributed by atoms with Crippen LogP contribution in [-0.2, 0) is 13.1 Å². The number of aryl methyl sites for hydroxylation is 1. The zero-order valence-corrected chi connectivity index (χ0v) is 22.4. The van der Waals surface area contributed by atoms with Crippen LogP contribution >= 0.6 is 24.0 Å². The summed E-state index contributed by atoms with van der Waals surface area (Å²) < 4.78 is 22.3. The number of hydrogen-bond donors (Lipinski definition) is 2. The lowest BCUT2D eigenvalue weighted by atomic mass is 10.1. The molecule has 0 bridgehead atoms. The molecule has 1 atom stereocenters. The molecular formula is C24H36IN3O4. The van der Waals surface area contributed by atoms with Gasteiger partial charge >= 0.3 is 0 Å². The van der Waals surface area contributed by atoms with Gasteiger partial charge in [-0.1, -0.05) is 19.1 Å². The molecule has 0 aromatic heterocycles. The van der Waals surface area contributed by atoms with Gasteiger partial charge in [0.1, 0.15) is 5.75 Å². The lowest BCUT2D eigenvalue weighted by Gasteiger charge is -2.19. The first-order valence-electron chi connectivity index (χ1n) is 10.4. The van der Waals surface area contributed by atoms with Gasteiger partial charge < -0.3 is 29.6 Å². The molecule has 2 rings (SSSR count). The van der Waals surface area contributed by atoms with Gasteiger partial charge in [0.2, 0.25) is 5.75 Å². The predicted octanol–water partition coefficient (Wildman–Crippen LogP) is 4.68. The van der Waals surface area contributed by atoms with Crippen LogP contribution in [0.15, 0.2) is 35.3 Å². The minimum absolute atomic E-state index is 0. The molecule has 2 aromatic rings. The second-order valence-corrected chi connectivity index (χ2v) is 7.26. The summed E-state index contributed by atoms with van der Waals surface area (Å²) in [6, 6.07) is 10.1. The van der Waals surface area contributed by atoms with Gasteiger partial charge in [-0.15, -0.1) is 24.0 Å². The van der Waals surface area contributed by atoms with Crippen molar-refractivity contribution in [3.05, 3.63) is 47.0 Å². The molecule has 0 aliphatic rings. The summed E-state index contributed by atoms with van der Waals surface area (Å²) in [6.07, 6.45) is 1.12. The molecular weight excluding hydrogens is 521 g/mol. The Morgan fingerprint density at radius 3 is 2.09 bits per heavy atom. The Morgan fingerprint density at radius 2 is 1.56 bits per heavy atom. The smallest absolute Gasteiger partial charge is 0.203 e.